The standard InChI is InChI=1S/C20H29N5O/c1-17-15-19(21-9-6-14-26-2)23-20(22-17)25-12-10-24(11-13-25)16-18-7-4-3-5-8-18/h3-5,7-8,15H,6,9-14,16H2,1-2H3,(H,21,22,23). The summed E-state index contributed by atoms with van der Waals surface area (Å²) in [7, 11) is 1.73. The van der Waals surface area contributed by atoms with Crippen molar-refractivity contribution in [2.24, 2.45) is 0 Å². The molecule has 0 radical (unpaired) electrons. The Hall–Kier alpha value is -2.18. The Morgan fingerprint density at radius 1 is 1.08 bits per heavy atom. The number of aromatic nitrogens is 2. The summed E-state index contributed by atoms with van der Waals surface area (Å²) >= 11 is 0. The molecule has 0 saturated carbocycles. The SMILES string of the molecule is COCCCNc1cc(C)nc(N2CCN(Cc3ccccc3)CC2)n1. The predicted molar refractivity (Wildman–Crippen MR) is 106 cm³/mol. The number of nitrogens with one attached hydrogen (secondary N) is 1. The molecule has 1 saturated heterocycles. The third-order valence-electron chi connectivity index (χ3n) is 4.58. The quantitative estimate of drug-likeness (QED) is 0.735. The highest BCUT2D eigenvalue weighted by atomic mass is 16.5. The molecule has 1 fully saturated rings. The molecule has 0 unspecified atom stereocenters. The summed E-state index contributed by atoms with van der Waals surface area (Å²) in [6.07, 6.45) is 0.965. The Labute approximate surface area is 156 Å². The highest BCUT2D eigenvalue weighted by Crippen LogP contribution is 2.17. The first-order chi connectivity index (χ1) is 12.7. The van der Waals surface area contributed by atoms with E-state index in [0.29, 0.717) is 0 Å². The molecule has 1 N–H and O–H groups in total. The van der Waals surface area contributed by atoms with Crippen LogP contribution < -0.4 is 10.2 Å². The highest BCUT2D eigenvalue weighted by molar-refractivity contribution is 5.44. The van der Waals surface area contributed by atoms with Crippen LogP contribution in [0.15, 0.2) is 36.4 Å². The monoisotopic (exact) mass is 355 g/mol. The lowest BCUT2D eigenvalue weighted by Gasteiger charge is -2.35. The fourth-order valence-corrected chi connectivity index (χ4v) is 3.17. The summed E-state index contributed by atoms with van der Waals surface area (Å²) in [6, 6.07) is 12.7. The Balaban J connectivity index is 1.54. The van der Waals surface area contributed by atoms with Gasteiger partial charge in [0.2, 0.25) is 5.95 Å². The van der Waals surface area contributed by atoms with Gasteiger partial charge in [0, 0.05) is 64.7 Å². The van der Waals surface area contributed by atoms with E-state index >= 15 is 0 Å². The Morgan fingerprint density at radius 3 is 2.58 bits per heavy atom. The van der Waals surface area contributed by atoms with Crippen LogP contribution >= 0.6 is 0 Å². The second-order valence-corrected chi connectivity index (χ2v) is 6.72. The first-order valence-corrected chi connectivity index (χ1v) is 9.34. The van der Waals surface area contributed by atoms with Gasteiger partial charge in [0.25, 0.3) is 0 Å². The van der Waals surface area contributed by atoms with Crippen LogP contribution in [0, 0.1) is 6.92 Å². The van der Waals surface area contributed by atoms with Gasteiger partial charge in [-0.05, 0) is 18.9 Å². The maximum Gasteiger partial charge on any atom is 0.227 e. The second-order valence-electron chi connectivity index (χ2n) is 6.72. The third-order valence-corrected chi connectivity index (χ3v) is 4.58. The van der Waals surface area contributed by atoms with E-state index < -0.39 is 0 Å². The highest BCUT2D eigenvalue weighted by Gasteiger charge is 2.19. The Kier molecular flexibility index (Phi) is 6.80. The van der Waals surface area contributed by atoms with E-state index in [1.165, 1.54) is 5.56 Å². The lowest BCUT2D eigenvalue weighted by Crippen LogP contribution is -2.46. The van der Waals surface area contributed by atoms with Gasteiger partial charge < -0.3 is 15.0 Å². The first-order valence-electron chi connectivity index (χ1n) is 9.34. The van der Waals surface area contributed by atoms with Gasteiger partial charge in [-0.15, -0.1) is 0 Å². The van der Waals surface area contributed by atoms with Crippen LogP contribution in [0.3, 0.4) is 0 Å². The summed E-state index contributed by atoms with van der Waals surface area (Å²) < 4.78 is 5.09. The zero-order valence-electron chi connectivity index (χ0n) is 15.8. The van der Waals surface area contributed by atoms with E-state index in [9.17, 15) is 0 Å². The molecule has 6 nitrogen and oxygen atoms in total. The minimum absolute atomic E-state index is 0.757. The van der Waals surface area contributed by atoms with Gasteiger partial charge in [-0.3, -0.25) is 4.90 Å². The molecule has 6 heteroatoms. The van der Waals surface area contributed by atoms with E-state index in [1.807, 2.05) is 13.0 Å². The number of anilines is 2. The molecule has 0 aliphatic carbocycles. The van der Waals surface area contributed by atoms with Gasteiger partial charge in [-0.2, -0.15) is 4.98 Å². The van der Waals surface area contributed by atoms with E-state index in [1.54, 1.807) is 7.11 Å². The molecule has 1 aromatic heterocycles. The van der Waals surface area contributed by atoms with Crippen LogP contribution in [0.4, 0.5) is 11.8 Å². The van der Waals surface area contributed by atoms with Crippen molar-refractivity contribution in [2.75, 3.05) is 56.7 Å². The molecule has 1 aliphatic heterocycles. The van der Waals surface area contributed by atoms with Crippen molar-refractivity contribution in [1.29, 1.82) is 0 Å². The van der Waals surface area contributed by atoms with Crippen molar-refractivity contribution in [1.82, 2.24) is 14.9 Å². The minimum atomic E-state index is 0.757. The van der Waals surface area contributed by atoms with Gasteiger partial charge in [-0.25, -0.2) is 4.98 Å². The van der Waals surface area contributed by atoms with Crippen molar-refractivity contribution in [3.8, 4) is 0 Å². The summed E-state index contributed by atoms with van der Waals surface area (Å²) in [4.78, 5) is 14.1. The van der Waals surface area contributed by atoms with E-state index in [-0.39, 0.29) is 0 Å². The van der Waals surface area contributed by atoms with E-state index in [0.717, 1.165) is 69.8 Å². The van der Waals surface area contributed by atoms with E-state index in [4.69, 9.17) is 9.72 Å². The van der Waals surface area contributed by atoms with Crippen LogP contribution in [0.25, 0.3) is 0 Å². The molecule has 26 heavy (non-hydrogen) atoms. The molecule has 0 atom stereocenters. The van der Waals surface area contributed by atoms with Gasteiger partial charge >= 0.3 is 0 Å². The Morgan fingerprint density at radius 2 is 1.85 bits per heavy atom. The zero-order chi connectivity index (χ0) is 18.2. The molecule has 140 valence electrons. The molecule has 0 amide bonds. The normalized spacial score (nSPS) is 15.2. The first kappa shape index (κ1) is 18.6. The lowest BCUT2D eigenvalue weighted by molar-refractivity contribution is 0.198. The zero-order valence-corrected chi connectivity index (χ0v) is 15.8. The summed E-state index contributed by atoms with van der Waals surface area (Å²) in [5.74, 6) is 1.73. The molecule has 3 rings (SSSR count). The Bertz CT molecular complexity index is 671. The summed E-state index contributed by atoms with van der Waals surface area (Å²) in [6.45, 7) is 8.62. The van der Waals surface area contributed by atoms with Crippen LogP contribution in [-0.4, -0.2) is 61.3 Å². The second kappa shape index (κ2) is 9.50. The molecule has 1 aromatic carbocycles. The maximum absolute atomic E-state index is 5.09. The molecule has 2 aromatic rings. The number of hydrogen-bond donors (Lipinski definition) is 1. The molecule has 0 spiro atoms. The smallest absolute Gasteiger partial charge is 0.227 e. The lowest BCUT2D eigenvalue weighted by atomic mass is 10.2. The van der Waals surface area contributed by atoms with Crippen LogP contribution in [-0.2, 0) is 11.3 Å². The number of piperazine rings is 1. The predicted octanol–water partition coefficient (Wildman–Crippen LogP) is 2.56. The van der Waals surface area contributed by atoms with Crippen LogP contribution in [0.5, 0.6) is 0 Å². The third kappa shape index (κ3) is 5.41. The van der Waals surface area contributed by atoms with Crippen molar-refractivity contribution >= 4 is 11.8 Å². The molecular weight excluding hydrogens is 326 g/mol. The number of rotatable bonds is 8. The fraction of sp³-hybridized carbons (Fsp3) is 0.500. The van der Waals surface area contributed by atoms with Crippen LogP contribution in [0.1, 0.15) is 17.7 Å². The molecule has 0 bridgehead atoms. The topological polar surface area (TPSA) is 53.5 Å². The van der Waals surface area contributed by atoms with Crippen molar-refractivity contribution in [3.05, 3.63) is 47.7 Å². The average Bonchev–Trinajstić information content (AvgIpc) is 2.66. The minimum Gasteiger partial charge on any atom is -0.385 e. The van der Waals surface area contributed by atoms with Gasteiger partial charge in [0.05, 0.1) is 0 Å². The number of methoxy groups -OCH3 is 1. The molecule has 2 heterocycles. The summed E-state index contributed by atoms with van der Waals surface area (Å²) in [5, 5.41) is 3.37. The number of benzene rings is 1. The summed E-state index contributed by atoms with van der Waals surface area (Å²) in [5.41, 5.74) is 2.37. The van der Waals surface area contributed by atoms with Gasteiger partial charge in [-0.1, -0.05) is 30.3 Å². The van der Waals surface area contributed by atoms with E-state index in [2.05, 4.69) is 50.4 Å². The van der Waals surface area contributed by atoms with Crippen molar-refractivity contribution in [2.45, 2.75) is 19.9 Å². The molecule has 1 aliphatic rings. The fourth-order valence-electron chi connectivity index (χ4n) is 3.17. The largest absolute Gasteiger partial charge is 0.385 e. The number of aryl methyl sites for hydroxylation is 1. The average molecular weight is 355 g/mol. The van der Waals surface area contributed by atoms with Crippen molar-refractivity contribution < 1.29 is 4.74 Å². The number of nitrogens with zero attached hydrogens (tertiary/aromatic N) is 4. The maximum atomic E-state index is 5.09. The van der Waals surface area contributed by atoms with Crippen molar-refractivity contribution in [3.63, 3.8) is 0 Å². The van der Waals surface area contributed by atoms with Crippen LogP contribution in [0.2, 0.25) is 0 Å². The number of ether oxygens (including phenoxy) is 1. The van der Waals surface area contributed by atoms with Gasteiger partial charge in [0.1, 0.15) is 5.82 Å². The molecular formula is C20H29N5O. The van der Waals surface area contributed by atoms with Gasteiger partial charge in [0.15, 0.2) is 0 Å². The number of hydrogen-bond acceptors (Lipinski definition) is 6.